The Kier molecular flexibility index (Phi) is 5.91. The average Bonchev–Trinajstić information content (AvgIpc) is 3.50. The van der Waals surface area contributed by atoms with E-state index in [4.69, 9.17) is 4.74 Å². The van der Waals surface area contributed by atoms with Crippen molar-refractivity contribution in [2.75, 3.05) is 6.61 Å². The fraction of sp³-hybridized carbons (Fsp3) is 0.435. The average molecular weight is 396 g/mol. The Hall–Kier alpha value is -2.89. The molecular weight excluding hydrogens is 368 g/mol. The van der Waals surface area contributed by atoms with Gasteiger partial charge in [-0.25, -0.2) is 4.79 Å². The van der Waals surface area contributed by atoms with Gasteiger partial charge >= 0.3 is 5.97 Å². The molecule has 0 N–H and O–H groups in total. The summed E-state index contributed by atoms with van der Waals surface area (Å²) in [5.74, 6) is -0.727. The van der Waals surface area contributed by atoms with Crippen LogP contribution in [0.15, 0.2) is 30.3 Å². The van der Waals surface area contributed by atoms with Gasteiger partial charge in [-0.15, -0.1) is 0 Å². The maximum absolute atomic E-state index is 13.5. The van der Waals surface area contributed by atoms with E-state index in [2.05, 4.69) is 0 Å². The summed E-state index contributed by atoms with van der Waals surface area (Å²) < 4.78 is 6.86. The van der Waals surface area contributed by atoms with Gasteiger partial charge in [0.1, 0.15) is 5.69 Å². The van der Waals surface area contributed by atoms with Gasteiger partial charge in [0, 0.05) is 29.9 Å². The molecule has 1 aromatic heterocycles. The van der Waals surface area contributed by atoms with Crippen molar-refractivity contribution in [2.45, 2.75) is 52.6 Å². The van der Waals surface area contributed by atoms with Crippen LogP contribution >= 0.6 is 0 Å². The van der Waals surface area contributed by atoms with Crippen LogP contribution in [0, 0.1) is 13.8 Å². The van der Waals surface area contributed by atoms with E-state index in [0.29, 0.717) is 28.1 Å². The lowest BCUT2D eigenvalue weighted by Crippen LogP contribution is -2.45. The number of hydrogen-bond donors (Lipinski definition) is 0. The van der Waals surface area contributed by atoms with Crippen LogP contribution in [0.4, 0.5) is 0 Å². The maximum Gasteiger partial charge on any atom is 0.355 e. The van der Waals surface area contributed by atoms with Crippen molar-refractivity contribution >= 4 is 17.7 Å². The van der Waals surface area contributed by atoms with Crippen molar-refractivity contribution < 1.29 is 19.1 Å². The first-order valence-corrected chi connectivity index (χ1v) is 10.0. The molecule has 0 saturated heterocycles. The van der Waals surface area contributed by atoms with Crippen molar-refractivity contribution in [1.29, 1.82) is 0 Å². The highest BCUT2D eigenvalue weighted by Crippen LogP contribution is 2.32. The van der Waals surface area contributed by atoms with Crippen molar-refractivity contribution in [2.24, 2.45) is 7.05 Å². The van der Waals surface area contributed by atoms with E-state index < -0.39 is 12.0 Å². The maximum atomic E-state index is 13.5. The van der Waals surface area contributed by atoms with Gasteiger partial charge in [0.2, 0.25) is 0 Å². The third-order valence-corrected chi connectivity index (χ3v) is 5.64. The molecule has 154 valence electrons. The van der Waals surface area contributed by atoms with Crippen LogP contribution < -0.4 is 0 Å². The highest BCUT2D eigenvalue weighted by molar-refractivity contribution is 6.07. The first-order valence-electron chi connectivity index (χ1n) is 10.0. The molecule has 1 fully saturated rings. The summed E-state index contributed by atoms with van der Waals surface area (Å²) in [6.45, 7) is 7.37. The van der Waals surface area contributed by atoms with Gasteiger partial charge in [0.05, 0.1) is 12.6 Å². The summed E-state index contributed by atoms with van der Waals surface area (Å²) in [5.41, 5.74) is 2.75. The molecule has 2 aromatic rings. The number of ketones is 1. The van der Waals surface area contributed by atoms with Crippen molar-refractivity contribution in [3.05, 3.63) is 58.4 Å². The van der Waals surface area contributed by atoms with Crippen LogP contribution in [0.1, 0.15) is 69.2 Å². The zero-order valence-corrected chi connectivity index (χ0v) is 17.7. The summed E-state index contributed by atoms with van der Waals surface area (Å²) in [4.78, 5) is 40.7. The molecule has 1 unspecified atom stereocenters. The van der Waals surface area contributed by atoms with E-state index in [-0.39, 0.29) is 24.3 Å². The highest BCUT2D eigenvalue weighted by Gasteiger charge is 2.40. The van der Waals surface area contributed by atoms with E-state index >= 15 is 0 Å². The monoisotopic (exact) mass is 396 g/mol. The number of carbonyl (C=O) groups is 3. The second-order valence-electron chi connectivity index (χ2n) is 7.56. The zero-order chi connectivity index (χ0) is 21.3. The van der Waals surface area contributed by atoms with Crippen molar-refractivity contribution in [3.63, 3.8) is 0 Å². The minimum atomic E-state index is -0.620. The van der Waals surface area contributed by atoms with Crippen LogP contribution in [-0.4, -0.2) is 45.8 Å². The SMILES string of the molecule is CCOC(=O)c1c(C)c(C(=O)C(C)N(C(=O)c2ccccc2)C2CC2)c(C)n1C. The van der Waals surface area contributed by atoms with Crippen LogP contribution in [0.2, 0.25) is 0 Å². The van der Waals surface area contributed by atoms with Crippen LogP contribution in [-0.2, 0) is 11.8 Å². The number of amides is 1. The molecule has 6 nitrogen and oxygen atoms in total. The third kappa shape index (κ3) is 3.84. The first-order chi connectivity index (χ1) is 13.8. The van der Waals surface area contributed by atoms with E-state index in [0.717, 1.165) is 12.8 Å². The summed E-state index contributed by atoms with van der Waals surface area (Å²) in [7, 11) is 1.75. The largest absolute Gasteiger partial charge is 0.461 e. The minimum absolute atomic E-state index is 0.0792. The molecule has 29 heavy (non-hydrogen) atoms. The lowest BCUT2D eigenvalue weighted by molar-refractivity contribution is 0.0513. The molecule has 0 bridgehead atoms. The Balaban J connectivity index is 1.96. The lowest BCUT2D eigenvalue weighted by atomic mass is 9.99. The quantitative estimate of drug-likeness (QED) is 0.529. The van der Waals surface area contributed by atoms with E-state index in [1.807, 2.05) is 25.1 Å². The van der Waals surface area contributed by atoms with Gasteiger partial charge in [-0.2, -0.15) is 0 Å². The smallest absolute Gasteiger partial charge is 0.355 e. The predicted molar refractivity (Wildman–Crippen MR) is 110 cm³/mol. The predicted octanol–water partition coefficient (Wildman–Crippen LogP) is 3.69. The number of Topliss-reactive ketones (excluding diaryl/α,β-unsaturated/α-hetero) is 1. The van der Waals surface area contributed by atoms with Gasteiger partial charge in [0.25, 0.3) is 5.91 Å². The Labute approximate surface area is 171 Å². The molecule has 1 heterocycles. The molecule has 0 spiro atoms. The summed E-state index contributed by atoms with van der Waals surface area (Å²) in [6, 6.07) is 8.50. The Morgan fingerprint density at radius 1 is 1.17 bits per heavy atom. The fourth-order valence-corrected chi connectivity index (χ4v) is 3.90. The third-order valence-electron chi connectivity index (χ3n) is 5.64. The molecule has 1 aliphatic rings. The second kappa shape index (κ2) is 8.23. The molecule has 1 atom stereocenters. The number of rotatable bonds is 7. The van der Waals surface area contributed by atoms with Gasteiger partial charge in [-0.1, -0.05) is 18.2 Å². The summed E-state index contributed by atoms with van der Waals surface area (Å²) in [5, 5.41) is 0. The molecule has 1 aromatic carbocycles. The van der Waals surface area contributed by atoms with Crippen molar-refractivity contribution in [3.8, 4) is 0 Å². The number of carbonyl (C=O) groups excluding carboxylic acids is 3. The minimum Gasteiger partial charge on any atom is -0.461 e. The van der Waals surface area contributed by atoms with Gasteiger partial charge in [-0.3, -0.25) is 9.59 Å². The standard InChI is InChI=1S/C23H28N2O4/c1-6-29-23(28)20-14(2)19(15(3)24(20)5)21(26)16(4)25(18-12-13-18)22(27)17-10-8-7-9-11-17/h7-11,16,18H,6,12-13H2,1-5H3. The fourth-order valence-electron chi connectivity index (χ4n) is 3.90. The highest BCUT2D eigenvalue weighted by atomic mass is 16.5. The second-order valence-corrected chi connectivity index (χ2v) is 7.56. The Bertz CT molecular complexity index is 942. The molecule has 1 aliphatic carbocycles. The molecule has 1 amide bonds. The van der Waals surface area contributed by atoms with Gasteiger partial charge < -0.3 is 14.2 Å². The topological polar surface area (TPSA) is 68.6 Å². The Morgan fingerprint density at radius 2 is 1.79 bits per heavy atom. The van der Waals surface area contributed by atoms with E-state index in [9.17, 15) is 14.4 Å². The van der Waals surface area contributed by atoms with E-state index in [1.165, 1.54) is 0 Å². The zero-order valence-electron chi connectivity index (χ0n) is 17.7. The number of benzene rings is 1. The molecule has 6 heteroatoms. The first kappa shape index (κ1) is 20.8. The van der Waals surface area contributed by atoms with Crippen LogP contribution in [0.25, 0.3) is 0 Å². The van der Waals surface area contributed by atoms with Crippen LogP contribution in [0.3, 0.4) is 0 Å². The van der Waals surface area contributed by atoms with Crippen molar-refractivity contribution in [1.82, 2.24) is 9.47 Å². The van der Waals surface area contributed by atoms with E-state index in [1.54, 1.807) is 49.4 Å². The molecule has 0 aliphatic heterocycles. The van der Waals surface area contributed by atoms with Gasteiger partial charge in [-0.05, 0) is 58.2 Å². The number of ether oxygens (including phenoxy) is 1. The summed E-state index contributed by atoms with van der Waals surface area (Å²) >= 11 is 0. The molecular formula is C23H28N2O4. The molecule has 1 saturated carbocycles. The normalized spacial score (nSPS) is 14.4. The number of hydrogen-bond acceptors (Lipinski definition) is 4. The lowest BCUT2D eigenvalue weighted by Gasteiger charge is -2.29. The van der Waals surface area contributed by atoms with Crippen LogP contribution in [0.5, 0.6) is 0 Å². The van der Waals surface area contributed by atoms with Gasteiger partial charge in [0.15, 0.2) is 5.78 Å². The molecule has 0 radical (unpaired) electrons. The number of esters is 1. The molecule has 3 rings (SSSR count). The summed E-state index contributed by atoms with van der Waals surface area (Å²) in [6.07, 6.45) is 1.80. The number of nitrogens with zero attached hydrogens (tertiary/aromatic N) is 2. The Morgan fingerprint density at radius 3 is 2.34 bits per heavy atom. The number of aromatic nitrogens is 1.